The molecule has 0 unspecified atom stereocenters. The molecular weight excluding hydrogens is 493 g/mol. The monoisotopic (exact) mass is 512 g/mol. The summed E-state index contributed by atoms with van der Waals surface area (Å²) in [6, 6.07) is 12.5. The van der Waals surface area contributed by atoms with Gasteiger partial charge in [0.2, 0.25) is 0 Å². The van der Waals surface area contributed by atoms with Crippen LogP contribution in [0.3, 0.4) is 0 Å². The molecule has 1 aliphatic heterocycles. The Morgan fingerprint density at radius 1 is 1.06 bits per heavy atom. The first kappa shape index (κ1) is 25.2. The van der Waals surface area contributed by atoms with Crippen molar-refractivity contribution in [2.24, 2.45) is 0 Å². The second-order valence-electron chi connectivity index (χ2n) is 7.55. The van der Waals surface area contributed by atoms with Crippen molar-refractivity contribution in [2.45, 2.75) is 23.6 Å². The van der Waals surface area contributed by atoms with Crippen LogP contribution in [0.15, 0.2) is 47.8 Å². The van der Waals surface area contributed by atoms with Crippen molar-refractivity contribution in [2.75, 3.05) is 31.2 Å². The highest BCUT2D eigenvalue weighted by Crippen LogP contribution is 2.40. The number of hydrogen-bond donors (Lipinski definition) is 0. The highest BCUT2D eigenvalue weighted by atomic mass is 32.2. The van der Waals surface area contributed by atoms with Crippen molar-refractivity contribution >= 4 is 17.6 Å². The first-order valence-corrected chi connectivity index (χ1v) is 11.8. The van der Waals surface area contributed by atoms with Gasteiger partial charge in [-0.1, -0.05) is 23.9 Å². The molecule has 12 heteroatoms. The Labute approximate surface area is 209 Å². The van der Waals surface area contributed by atoms with Gasteiger partial charge in [-0.15, -0.1) is 0 Å². The maximum Gasteiger partial charge on any atom is 0.345 e. The van der Waals surface area contributed by atoms with E-state index in [4.69, 9.17) is 4.74 Å². The third-order valence-electron chi connectivity index (χ3n) is 5.20. The zero-order chi connectivity index (χ0) is 25.5. The van der Waals surface area contributed by atoms with Crippen molar-refractivity contribution < 1.29 is 22.6 Å². The fourth-order valence-corrected chi connectivity index (χ4v) is 4.39. The van der Waals surface area contributed by atoms with E-state index >= 15 is 0 Å². The molecular formula is C24H19F3N6O2S. The molecule has 1 fully saturated rings. The zero-order valence-corrected chi connectivity index (χ0v) is 19.6. The van der Waals surface area contributed by atoms with E-state index in [0.29, 0.717) is 39.3 Å². The molecule has 3 heterocycles. The quantitative estimate of drug-likeness (QED) is 0.289. The molecule has 184 valence electrons. The van der Waals surface area contributed by atoms with Crippen LogP contribution in [0.1, 0.15) is 17.0 Å². The minimum Gasteiger partial charge on any atom is -0.491 e. The van der Waals surface area contributed by atoms with E-state index in [1.54, 1.807) is 47.6 Å². The first-order chi connectivity index (χ1) is 17.5. The second kappa shape index (κ2) is 11.7. The lowest BCUT2D eigenvalue weighted by Gasteiger charge is -2.36. The Morgan fingerprint density at radius 2 is 1.75 bits per heavy atom. The lowest BCUT2D eigenvalue weighted by atomic mass is 9.95. The molecule has 36 heavy (non-hydrogen) atoms. The van der Waals surface area contributed by atoms with E-state index in [1.165, 1.54) is 11.8 Å². The number of thioether (sulfide) groups is 1. The molecule has 4 rings (SSSR count). The van der Waals surface area contributed by atoms with Gasteiger partial charge in [0, 0.05) is 18.0 Å². The molecule has 2 aromatic heterocycles. The third-order valence-corrected chi connectivity index (χ3v) is 6.17. The van der Waals surface area contributed by atoms with Gasteiger partial charge in [0.25, 0.3) is 0 Å². The molecule has 0 saturated carbocycles. The summed E-state index contributed by atoms with van der Waals surface area (Å²) in [5, 5.41) is 20.4. The van der Waals surface area contributed by atoms with Gasteiger partial charge in [-0.05, 0) is 23.8 Å². The van der Waals surface area contributed by atoms with Crippen LogP contribution < -0.4 is 9.64 Å². The summed E-state index contributed by atoms with van der Waals surface area (Å²) >= 11 is 1.25. The van der Waals surface area contributed by atoms with Gasteiger partial charge in [-0.2, -0.15) is 19.3 Å². The molecule has 1 aromatic carbocycles. The van der Waals surface area contributed by atoms with E-state index in [2.05, 4.69) is 31.8 Å². The van der Waals surface area contributed by atoms with Gasteiger partial charge in [-0.3, -0.25) is 0 Å². The first-order valence-electron chi connectivity index (χ1n) is 10.8. The Kier molecular flexibility index (Phi) is 8.21. The number of aromatic nitrogens is 3. The molecule has 0 spiro atoms. The molecule has 0 bridgehead atoms. The van der Waals surface area contributed by atoms with E-state index < -0.39 is 12.8 Å². The van der Waals surface area contributed by atoms with Crippen LogP contribution in [0.25, 0.3) is 11.1 Å². The van der Waals surface area contributed by atoms with Crippen LogP contribution in [-0.2, 0) is 10.5 Å². The minimum atomic E-state index is -2.87. The number of halogens is 3. The van der Waals surface area contributed by atoms with Crippen molar-refractivity contribution in [3.8, 4) is 29.0 Å². The van der Waals surface area contributed by atoms with Crippen LogP contribution in [-0.4, -0.2) is 54.0 Å². The zero-order valence-electron chi connectivity index (χ0n) is 18.8. The molecule has 0 amide bonds. The van der Waals surface area contributed by atoms with Crippen LogP contribution in [0.2, 0.25) is 0 Å². The Bertz CT molecular complexity index is 1280. The second-order valence-corrected chi connectivity index (χ2v) is 8.51. The summed E-state index contributed by atoms with van der Waals surface area (Å²) in [6.45, 7) is -3.01. The molecule has 8 nitrogen and oxygen atoms in total. The SMILES string of the molecule is N#Cc1c(SCc2ncccn2)nc(N2CC(F)C2)c(C#N)c1-c1ccc(OCCOC(F)F)cc1. The average molecular weight is 513 g/mol. The minimum absolute atomic E-state index is 0.0717. The predicted molar refractivity (Wildman–Crippen MR) is 125 cm³/mol. The van der Waals surface area contributed by atoms with Crippen LogP contribution >= 0.6 is 11.8 Å². The summed E-state index contributed by atoms with van der Waals surface area (Å²) in [6.07, 6.45) is 2.21. The van der Waals surface area contributed by atoms with Crippen LogP contribution in [0.4, 0.5) is 19.0 Å². The molecule has 0 radical (unpaired) electrons. The van der Waals surface area contributed by atoms with Gasteiger partial charge >= 0.3 is 6.61 Å². The van der Waals surface area contributed by atoms with Crippen LogP contribution in [0.5, 0.6) is 5.75 Å². The number of alkyl halides is 3. The molecule has 1 saturated heterocycles. The fraction of sp³-hybridized carbons (Fsp3) is 0.292. The van der Waals surface area contributed by atoms with E-state index in [0.717, 1.165) is 0 Å². The predicted octanol–water partition coefficient (Wildman–Crippen LogP) is 4.35. The number of nitriles is 2. The Morgan fingerprint density at radius 3 is 2.36 bits per heavy atom. The highest BCUT2D eigenvalue weighted by Gasteiger charge is 2.32. The van der Waals surface area contributed by atoms with E-state index in [1.807, 2.05) is 0 Å². The van der Waals surface area contributed by atoms with Gasteiger partial charge in [0.15, 0.2) is 0 Å². The number of benzene rings is 1. The van der Waals surface area contributed by atoms with Gasteiger partial charge < -0.3 is 14.4 Å². The number of ether oxygens (including phenoxy) is 2. The lowest BCUT2D eigenvalue weighted by molar-refractivity contribution is -0.133. The fourth-order valence-electron chi connectivity index (χ4n) is 3.53. The largest absolute Gasteiger partial charge is 0.491 e. The summed E-state index contributed by atoms with van der Waals surface area (Å²) in [4.78, 5) is 14.6. The lowest BCUT2D eigenvalue weighted by Crippen LogP contribution is -2.49. The summed E-state index contributed by atoms with van der Waals surface area (Å²) in [7, 11) is 0. The highest BCUT2D eigenvalue weighted by molar-refractivity contribution is 7.98. The van der Waals surface area contributed by atoms with E-state index in [-0.39, 0.29) is 37.4 Å². The molecule has 0 aliphatic carbocycles. The van der Waals surface area contributed by atoms with Gasteiger partial charge in [-0.25, -0.2) is 19.3 Å². The molecule has 0 N–H and O–H groups in total. The van der Waals surface area contributed by atoms with Gasteiger partial charge in [0.1, 0.15) is 52.9 Å². The van der Waals surface area contributed by atoms with Crippen molar-refractivity contribution in [3.63, 3.8) is 0 Å². The Hall–Kier alpha value is -3.87. The molecule has 0 atom stereocenters. The van der Waals surface area contributed by atoms with Crippen molar-refractivity contribution in [1.29, 1.82) is 10.5 Å². The molecule has 3 aromatic rings. The normalized spacial score (nSPS) is 13.2. The number of rotatable bonds is 10. The third kappa shape index (κ3) is 5.85. The number of nitrogens with zero attached hydrogens (tertiary/aromatic N) is 6. The summed E-state index contributed by atoms with van der Waals surface area (Å²) in [5.74, 6) is 1.60. The number of pyridine rings is 1. The molecule has 1 aliphatic rings. The smallest absolute Gasteiger partial charge is 0.345 e. The summed E-state index contributed by atoms with van der Waals surface area (Å²) < 4.78 is 47.4. The van der Waals surface area contributed by atoms with E-state index in [9.17, 15) is 23.7 Å². The number of hydrogen-bond acceptors (Lipinski definition) is 9. The van der Waals surface area contributed by atoms with Crippen molar-refractivity contribution in [3.05, 3.63) is 59.7 Å². The van der Waals surface area contributed by atoms with Crippen LogP contribution in [0, 0.1) is 22.7 Å². The average Bonchev–Trinajstić information content (AvgIpc) is 2.88. The Balaban J connectivity index is 1.69. The maximum absolute atomic E-state index is 13.7. The number of anilines is 1. The maximum atomic E-state index is 13.7. The van der Waals surface area contributed by atoms with Crippen molar-refractivity contribution in [1.82, 2.24) is 15.0 Å². The standard InChI is InChI=1S/C24H19F3N6O2S/c25-16-12-33(13-16)22-18(10-28)21(15-2-4-17(5-3-15)34-8-9-35-24(26)27)19(11-29)23(32-22)36-14-20-30-6-1-7-31-20/h1-7,16,24H,8-9,12-14H2. The topological polar surface area (TPSA) is 108 Å². The van der Waals surface area contributed by atoms with Gasteiger partial charge in [0.05, 0.1) is 31.0 Å². The summed E-state index contributed by atoms with van der Waals surface area (Å²) in [5.41, 5.74) is 1.29.